The van der Waals surface area contributed by atoms with Crippen LogP contribution in [0.1, 0.15) is 20.3 Å². The number of methoxy groups -OCH3 is 1. The fourth-order valence-corrected chi connectivity index (χ4v) is 2.18. The van der Waals surface area contributed by atoms with Crippen molar-refractivity contribution in [2.24, 2.45) is 5.73 Å². The third-order valence-electron chi connectivity index (χ3n) is 3.68. The predicted octanol–water partition coefficient (Wildman–Crippen LogP) is 0.376. The summed E-state index contributed by atoms with van der Waals surface area (Å²) < 4.78 is 5.32. The van der Waals surface area contributed by atoms with Crippen molar-refractivity contribution in [3.63, 3.8) is 0 Å². The van der Waals surface area contributed by atoms with Crippen LogP contribution in [0.3, 0.4) is 0 Å². The molecule has 0 aromatic carbocycles. The zero-order valence-electron chi connectivity index (χ0n) is 11.0. The molecule has 96 valence electrons. The number of rotatable bonds is 6. The van der Waals surface area contributed by atoms with E-state index < -0.39 is 0 Å². The second-order valence-electron chi connectivity index (χ2n) is 4.69. The fraction of sp³-hybridized carbons (Fsp3) is 1.00. The molecule has 0 aromatic rings. The van der Waals surface area contributed by atoms with Crippen molar-refractivity contribution >= 4 is 0 Å². The molecule has 1 aliphatic heterocycles. The minimum absolute atomic E-state index is 0.190. The Labute approximate surface area is 99.7 Å². The molecule has 1 saturated heterocycles. The van der Waals surface area contributed by atoms with Crippen LogP contribution in [0.4, 0.5) is 0 Å². The Balaban J connectivity index is 2.26. The van der Waals surface area contributed by atoms with Crippen molar-refractivity contribution in [3.05, 3.63) is 0 Å². The zero-order valence-corrected chi connectivity index (χ0v) is 11.0. The molecule has 1 heterocycles. The van der Waals surface area contributed by atoms with Gasteiger partial charge in [-0.1, -0.05) is 6.92 Å². The molecule has 4 heteroatoms. The largest absolute Gasteiger partial charge is 0.379 e. The molecule has 1 fully saturated rings. The molecule has 0 spiro atoms. The molecule has 0 bridgehead atoms. The van der Waals surface area contributed by atoms with E-state index in [1.54, 1.807) is 7.11 Å². The summed E-state index contributed by atoms with van der Waals surface area (Å²) in [5.41, 5.74) is 5.64. The molecule has 0 amide bonds. The smallest absolute Gasteiger partial charge is 0.0820 e. The highest BCUT2D eigenvalue weighted by Gasteiger charge is 2.21. The number of hydrogen-bond donors (Lipinski definition) is 1. The third-order valence-corrected chi connectivity index (χ3v) is 3.68. The number of nitrogens with zero attached hydrogens (tertiary/aromatic N) is 2. The van der Waals surface area contributed by atoms with Gasteiger partial charge in [0.2, 0.25) is 0 Å². The molecule has 2 unspecified atom stereocenters. The van der Waals surface area contributed by atoms with Crippen molar-refractivity contribution < 1.29 is 4.74 Å². The van der Waals surface area contributed by atoms with Crippen LogP contribution in [0.2, 0.25) is 0 Å². The highest BCUT2D eigenvalue weighted by molar-refractivity contribution is 4.77. The number of hydrogen-bond acceptors (Lipinski definition) is 4. The van der Waals surface area contributed by atoms with Crippen LogP contribution in [0.5, 0.6) is 0 Å². The van der Waals surface area contributed by atoms with Crippen molar-refractivity contribution in [2.75, 3.05) is 46.4 Å². The first-order valence-electron chi connectivity index (χ1n) is 6.40. The lowest BCUT2D eigenvalue weighted by molar-refractivity contribution is 0.0389. The number of piperazine rings is 1. The predicted molar refractivity (Wildman–Crippen MR) is 67.6 cm³/mol. The minimum Gasteiger partial charge on any atom is -0.379 e. The van der Waals surface area contributed by atoms with Gasteiger partial charge in [0.15, 0.2) is 0 Å². The van der Waals surface area contributed by atoms with E-state index in [1.807, 2.05) is 0 Å². The molecular formula is C12H27N3O. The van der Waals surface area contributed by atoms with Crippen molar-refractivity contribution in [3.8, 4) is 0 Å². The summed E-state index contributed by atoms with van der Waals surface area (Å²) in [5.74, 6) is 0. The van der Waals surface area contributed by atoms with Gasteiger partial charge in [0.05, 0.1) is 6.10 Å². The first kappa shape index (κ1) is 13.9. The standard InChI is InChI=1S/C12H27N3O/c1-4-11(2)15-7-5-14(6-8-15)10-12(9-13)16-3/h11-12H,4-10,13H2,1-3H3. The topological polar surface area (TPSA) is 41.7 Å². The molecule has 1 aliphatic rings. The van der Waals surface area contributed by atoms with E-state index in [4.69, 9.17) is 10.5 Å². The van der Waals surface area contributed by atoms with Gasteiger partial charge in [-0.3, -0.25) is 9.80 Å². The summed E-state index contributed by atoms with van der Waals surface area (Å²) >= 11 is 0. The Hall–Kier alpha value is -0.160. The lowest BCUT2D eigenvalue weighted by atomic mass is 10.2. The molecule has 0 aliphatic carbocycles. The van der Waals surface area contributed by atoms with E-state index in [-0.39, 0.29) is 6.10 Å². The van der Waals surface area contributed by atoms with Gasteiger partial charge in [-0.25, -0.2) is 0 Å². The van der Waals surface area contributed by atoms with E-state index in [2.05, 4.69) is 23.6 Å². The Morgan fingerprint density at radius 3 is 2.31 bits per heavy atom. The van der Waals surface area contributed by atoms with Gasteiger partial charge >= 0.3 is 0 Å². The number of nitrogens with two attached hydrogens (primary N) is 1. The second kappa shape index (κ2) is 7.22. The molecule has 1 rings (SSSR count). The van der Waals surface area contributed by atoms with E-state index in [1.165, 1.54) is 19.5 Å². The minimum atomic E-state index is 0.190. The van der Waals surface area contributed by atoms with Crippen LogP contribution in [-0.2, 0) is 4.74 Å². The van der Waals surface area contributed by atoms with Gasteiger partial charge in [-0.05, 0) is 13.3 Å². The maximum atomic E-state index is 5.64. The first-order valence-corrected chi connectivity index (χ1v) is 6.40. The number of ether oxygens (including phenoxy) is 1. The molecule has 0 saturated carbocycles. The summed E-state index contributed by atoms with van der Waals surface area (Å²) in [6.45, 7) is 10.8. The van der Waals surface area contributed by atoms with Gasteiger partial charge < -0.3 is 10.5 Å². The Morgan fingerprint density at radius 2 is 1.88 bits per heavy atom. The van der Waals surface area contributed by atoms with E-state index in [9.17, 15) is 0 Å². The molecule has 0 aromatic heterocycles. The van der Waals surface area contributed by atoms with Gasteiger partial charge in [0, 0.05) is 52.4 Å². The third kappa shape index (κ3) is 4.01. The molecule has 2 atom stereocenters. The average molecular weight is 229 g/mol. The van der Waals surface area contributed by atoms with Crippen LogP contribution in [-0.4, -0.2) is 68.3 Å². The first-order chi connectivity index (χ1) is 7.71. The zero-order chi connectivity index (χ0) is 12.0. The van der Waals surface area contributed by atoms with Gasteiger partial charge in [0.25, 0.3) is 0 Å². The van der Waals surface area contributed by atoms with Gasteiger partial charge in [0.1, 0.15) is 0 Å². The molecule has 4 nitrogen and oxygen atoms in total. The summed E-state index contributed by atoms with van der Waals surface area (Å²) in [6, 6.07) is 0.717. The SMILES string of the molecule is CCC(C)N1CCN(CC(CN)OC)CC1. The van der Waals surface area contributed by atoms with Gasteiger partial charge in [-0.15, -0.1) is 0 Å². The average Bonchev–Trinajstić information content (AvgIpc) is 2.35. The molecule has 16 heavy (non-hydrogen) atoms. The highest BCUT2D eigenvalue weighted by atomic mass is 16.5. The summed E-state index contributed by atoms with van der Waals surface area (Å²) in [5, 5.41) is 0. The van der Waals surface area contributed by atoms with E-state index in [0.717, 1.165) is 25.7 Å². The monoisotopic (exact) mass is 229 g/mol. The van der Waals surface area contributed by atoms with Crippen LogP contribution in [0, 0.1) is 0 Å². The molecular weight excluding hydrogens is 202 g/mol. The molecule has 0 radical (unpaired) electrons. The van der Waals surface area contributed by atoms with Crippen molar-refractivity contribution in [1.82, 2.24) is 9.80 Å². The summed E-state index contributed by atoms with van der Waals surface area (Å²) in [6.07, 6.45) is 1.43. The quantitative estimate of drug-likeness (QED) is 0.715. The van der Waals surface area contributed by atoms with Crippen LogP contribution >= 0.6 is 0 Å². The molecule has 2 N–H and O–H groups in total. The normalized spacial score (nSPS) is 23.2. The van der Waals surface area contributed by atoms with Crippen LogP contribution in [0.15, 0.2) is 0 Å². The van der Waals surface area contributed by atoms with Crippen molar-refractivity contribution in [1.29, 1.82) is 0 Å². The van der Waals surface area contributed by atoms with Crippen LogP contribution in [0.25, 0.3) is 0 Å². The Bertz CT molecular complexity index is 177. The lowest BCUT2D eigenvalue weighted by Crippen LogP contribution is -2.51. The lowest BCUT2D eigenvalue weighted by Gasteiger charge is -2.38. The Kier molecular flexibility index (Phi) is 6.28. The highest BCUT2D eigenvalue weighted by Crippen LogP contribution is 2.09. The maximum Gasteiger partial charge on any atom is 0.0820 e. The summed E-state index contributed by atoms with van der Waals surface area (Å²) in [4.78, 5) is 5.03. The van der Waals surface area contributed by atoms with Crippen LogP contribution < -0.4 is 5.73 Å². The Morgan fingerprint density at radius 1 is 1.25 bits per heavy atom. The summed E-state index contributed by atoms with van der Waals surface area (Å²) in [7, 11) is 1.74. The van der Waals surface area contributed by atoms with E-state index >= 15 is 0 Å². The van der Waals surface area contributed by atoms with Crippen molar-refractivity contribution in [2.45, 2.75) is 32.4 Å². The second-order valence-corrected chi connectivity index (χ2v) is 4.69. The van der Waals surface area contributed by atoms with Gasteiger partial charge in [-0.2, -0.15) is 0 Å². The van der Waals surface area contributed by atoms with E-state index in [0.29, 0.717) is 6.54 Å². The maximum absolute atomic E-state index is 5.64. The fourth-order valence-electron chi connectivity index (χ4n) is 2.18.